The molecule has 110 valence electrons. The van der Waals surface area contributed by atoms with Gasteiger partial charge in [0.15, 0.2) is 5.69 Å². The number of benzene rings is 1. The van der Waals surface area contributed by atoms with E-state index in [4.69, 9.17) is 10.5 Å². The van der Waals surface area contributed by atoms with Gasteiger partial charge in [-0.05, 0) is 19.1 Å². The van der Waals surface area contributed by atoms with Gasteiger partial charge in [-0.2, -0.15) is 5.10 Å². The van der Waals surface area contributed by atoms with Crippen molar-refractivity contribution in [1.29, 1.82) is 0 Å². The second-order valence-corrected chi connectivity index (χ2v) is 4.27. The van der Waals surface area contributed by atoms with Gasteiger partial charge < -0.3 is 15.8 Å². The van der Waals surface area contributed by atoms with Gasteiger partial charge in [-0.25, -0.2) is 4.79 Å². The van der Waals surface area contributed by atoms with E-state index in [2.05, 4.69) is 10.4 Å². The fraction of sp³-hybridized carbons (Fsp3) is 0.214. The molecule has 1 aromatic heterocycles. The highest BCUT2D eigenvalue weighted by Gasteiger charge is 2.16. The Morgan fingerprint density at radius 2 is 2.05 bits per heavy atom. The van der Waals surface area contributed by atoms with Crippen LogP contribution >= 0.6 is 0 Å². The van der Waals surface area contributed by atoms with Gasteiger partial charge in [-0.1, -0.05) is 18.2 Å². The van der Waals surface area contributed by atoms with Gasteiger partial charge in [0.1, 0.15) is 6.54 Å². The molecule has 0 spiro atoms. The lowest BCUT2D eigenvalue weighted by molar-refractivity contribution is -0.116. The van der Waals surface area contributed by atoms with Crippen LogP contribution < -0.4 is 11.1 Å². The first-order valence-electron chi connectivity index (χ1n) is 6.45. The number of ether oxygens (including phenoxy) is 1. The van der Waals surface area contributed by atoms with Gasteiger partial charge in [0.05, 0.1) is 12.3 Å². The monoisotopic (exact) mass is 288 g/mol. The molecule has 2 rings (SSSR count). The van der Waals surface area contributed by atoms with Crippen LogP contribution in [0.4, 0.5) is 11.4 Å². The number of carbonyl (C=O) groups excluding carboxylic acids is 2. The van der Waals surface area contributed by atoms with Crippen molar-refractivity contribution in [3.8, 4) is 0 Å². The van der Waals surface area contributed by atoms with Crippen LogP contribution in [0.1, 0.15) is 17.4 Å². The van der Waals surface area contributed by atoms with E-state index in [-0.39, 0.29) is 30.4 Å². The molecule has 0 saturated heterocycles. The minimum atomic E-state index is -0.600. The number of rotatable bonds is 5. The molecule has 0 bridgehead atoms. The zero-order valence-electron chi connectivity index (χ0n) is 11.6. The summed E-state index contributed by atoms with van der Waals surface area (Å²) in [6, 6.07) is 9.05. The Morgan fingerprint density at radius 3 is 2.71 bits per heavy atom. The van der Waals surface area contributed by atoms with Crippen molar-refractivity contribution in [2.24, 2.45) is 0 Å². The molecule has 0 unspecified atom stereocenters. The van der Waals surface area contributed by atoms with E-state index in [1.807, 2.05) is 18.2 Å². The number of esters is 1. The number of nitrogens with two attached hydrogens (primary N) is 1. The van der Waals surface area contributed by atoms with Crippen LogP contribution in [-0.2, 0) is 16.1 Å². The van der Waals surface area contributed by atoms with Gasteiger partial charge in [-0.3, -0.25) is 9.48 Å². The summed E-state index contributed by atoms with van der Waals surface area (Å²) in [6.45, 7) is 1.89. The number of nitrogen functional groups attached to an aromatic ring is 1. The van der Waals surface area contributed by atoms with E-state index in [1.165, 1.54) is 10.9 Å². The molecule has 0 fully saturated rings. The number of hydrogen-bond donors (Lipinski definition) is 2. The van der Waals surface area contributed by atoms with E-state index in [9.17, 15) is 9.59 Å². The van der Waals surface area contributed by atoms with E-state index < -0.39 is 5.97 Å². The fourth-order valence-corrected chi connectivity index (χ4v) is 1.75. The zero-order valence-corrected chi connectivity index (χ0v) is 11.6. The summed E-state index contributed by atoms with van der Waals surface area (Å²) < 4.78 is 6.13. The summed E-state index contributed by atoms with van der Waals surface area (Å²) in [6.07, 6.45) is 1.43. The molecule has 1 heterocycles. The Bertz CT molecular complexity index is 637. The Hall–Kier alpha value is -2.83. The van der Waals surface area contributed by atoms with Crippen LogP contribution in [0.3, 0.4) is 0 Å². The first-order valence-corrected chi connectivity index (χ1v) is 6.45. The molecule has 0 radical (unpaired) electrons. The van der Waals surface area contributed by atoms with Crippen molar-refractivity contribution in [3.63, 3.8) is 0 Å². The molecule has 0 aliphatic heterocycles. The first kappa shape index (κ1) is 14.6. The Kier molecular flexibility index (Phi) is 4.55. The van der Waals surface area contributed by atoms with Gasteiger partial charge in [0.25, 0.3) is 0 Å². The van der Waals surface area contributed by atoms with Gasteiger partial charge in [0, 0.05) is 11.9 Å². The third kappa shape index (κ3) is 3.82. The smallest absolute Gasteiger partial charge is 0.361 e. The van der Waals surface area contributed by atoms with Crippen LogP contribution in [0.15, 0.2) is 36.5 Å². The Morgan fingerprint density at radius 1 is 1.33 bits per heavy atom. The number of para-hydroxylation sites is 1. The minimum Gasteiger partial charge on any atom is -0.461 e. The third-order valence-corrected chi connectivity index (χ3v) is 2.62. The topological polar surface area (TPSA) is 99.2 Å². The molecule has 0 aliphatic carbocycles. The summed E-state index contributed by atoms with van der Waals surface area (Å²) in [5.74, 6) is -0.865. The first-order chi connectivity index (χ1) is 10.1. The Labute approximate surface area is 121 Å². The summed E-state index contributed by atoms with van der Waals surface area (Å²) >= 11 is 0. The second-order valence-electron chi connectivity index (χ2n) is 4.27. The highest BCUT2D eigenvalue weighted by molar-refractivity contribution is 5.93. The van der Waals surface area contributed by atoms with E-state index in [1.54, 1.807) is 19.1 Å². The normalized spacial score (nSPS) is 10.1. The van der Waals surface area contributed by atoms with Crippen molar-refractivity contribution >= 4 is 23.3 Å². The fourth-order valence-electron chi connectivity index (χ4n) is 1.75. The quantitative estimate of drug-likeness (QED) is 0.807. The van der Waals surface area contributed by atoms with Crippen LogP contribution in [0, 0.1) is 0 Å². The average Bonchev–Trinajstić information content (AvgIpc) is 2.80. The van der Waals surface area contributed by atoms with Crippen LogP contribution in [0.2, 0.25) is 0 Å². The van der Waals surface area contributed by atoms with E-state index in [0.717, 1.165) is 0 Å². The van der Waals surface area contributed by atoms with Crippen molar-refractivity contribution in [3.05, 3.63) is 42.2 Å². The van der Waals surface area contributed by atoms with E-state index >= 15 is 0 Å². The maximum atomic E-state index is 11.9. The van der Waals surface area contributed by atoms with Crippen molar-refractivity contribution < 1.29 is 14.3 Å². The number of nitrogens with zero attached hydrogens (tertiary/aromatic N) is 2. The number of nitrogens with one attached hydrogen (secondary N) is 1. The molecular weight excluding hydrogens is 272 g/mol. The molecule has 0 saturated carbocycles. The van der Waals surface area contributed by atoms with Crippen LogP contribution in [0.5, 0.6) is 0 Å². The number of aromatic nitrogens is 2. The summed E-state index contributed by atoms with van der Waals surface area (Å²) in [4.78, 5) is 23.4. The maximum Gasteiger partial charge on any atom is 0.361 e. The molecular formula is C14H16N4O3. The van der Waals surface area contributed by atoms with Gasteiger partial charge in [0.2, 0.25) is 5.91 Å². The third-order valence-electron chi connectivity index (χ3n) is 2.62. The number of amides is 1. The average molecular weight is 288 g/mol. The number of carbonyl (C=O) groups is 2. The summed E-state index contributed by atoms with van der Waals surface area (Å²) in [5, 5.41) is 6.68. The van der Waals surface area contributed by atoms with Crippen molar-refractivity contribution in [2.45, 2.75) is 13.5 Å². The van der Waals surface area contributed by atoms with E-state index in [0.29, 0.717) is 5.69 Å². The lowest BCUT2D eigenvalue weighted by Gasteiger charge is -2.04. The molecule has 3 N–H and O–H groups in total. The largest absolute Gasteiger partial charge is 0.461 e. The number of anilines is 2. The molecule has 7 heteroatoms. The molecule has 7 nitrogen and oxygen atoms in total. The van der Waals surface area contributed by atoms with Gasteiger partial charge >= 0.3 is 5.97 Å². The van der Waals surface area contributed by atoms with Crippen LogP contribution in [0.25, 0.3) is 0 Å². The standard InChI is InChI=1S/C14H16N4O3/c1-2-21-14(20)13-11(15)8-18(17-13)9-12(19)16-10-6-4-3-5-7-10/h3-8H,2,9,15H2,1H3,(H,16,19). The molecule has 0 aliphatic rings. The molecule has 1 aromatic carbocycles. The van der Waals surface area contributed by atoms with Crippen molar-refractivity contribution in [1.82, 2.24) is 9.78 Å². The predicted octanol–water partition coefficient (Wildman–Crippen LogP) is 1.28. The molecule has 2 aromatic rings. The summed E-state index contributed by atoms with van der Waals surface area (Å²) in [5.41, 5.74) is 6.57. The minimum absolute atomic E-state index is 0.0179. The lowest BCUT2D eigenvalue weighted by atomic mass is 10.3. The zero-order chi connectivity index (χ0) is 15.2. The highest BCUT2D eigenvalue weighted by Crippen LogP contribution is 2.11. The number of hydrogen-bond acceptors (Lipinski definition) is 5. The van der Waals surface area contributed by atoms with Gasteiger partial charge in [-0.15, -0.1) is 0 Å². The Balaban J connectivity index is 2.01. The maximum absolute atomic E-state index is 11.9. The molecule has 21 heavy (non-hydrogen) atoms. The van der Waals surface area contributed by atoms with Crippen molar-refractivity contribution in [2.75, 3.05) is 17.7 Å². The van der Waals surface area contributed by atoms with Crippen LogP contribution in [-0.4, -0.2) is 28.3 Å². The highest BCUT2D eigenvalue weighted by atomic mass is 16.5. The molecule has 1 amide bonds. The summed E-state index contributed by atoms with van der Waals surface area (Å²) in [7, 11) is 0. The molecule has 0 atom stereocenters. The second kappa shape index (κ2) is 6.56. The predicted molar refractivity (Wildman–Crippen MR) is 77.7 cm³/mol. The lowest BCUT2D eigenvalue weighted by Crippen LogP contribution is -2.19. The SMILES string of the molecule is CCOC(=O)c1nn(CC(=O)Nc2ccccc2)cc1N.